The molecule has 1 aromatic carbocycles. The minimum Gasteiger partial charge on any atom is -0.377 e. The van der Waals surface area contributed by atoms with Crippen molar-refractivity contribution in [2.75, 3.05) is 6.61 Å². The number of halogens is 2. The number of hydrogen-bond donors (Lipinski definition) is 0. The zero-order valence-corrected chi connectivity index (χ0v) is 18.5. The molecule has 0 unspecified atom stereocenters. The van der Waals surface area contributed by atoms with Gasteiger partial charge in [0.15, 0.2) is 0 Å². The van der Waals surface area contributed by atoms with E-state index < -0.39 is 11.6 Å². The van der Waals surface area contributed by atoms with Gasteiger partial charge in [-0.2, -0.15) is 0 Å². The van der Waals surface area contributed by atoms with Crippen LogP contribution in [0.4, 0.5) is 8.78 Å². The highest BCUT2D eigenvalue weighted by molar-refractivity contribution is 5.28. The molecule has 2 aliphatic carbocycles. The molecule has 164 valence electrons. The van der Waals surface area contributed by atoms with Gasteiger partial charge in [-0.3, -0.25) is 0 Å². The second-order valence-electron chi connectivity index (χ2n) is 9.49. The summed E-state index contributed by atoms with van der Waals surface area (Å²) in [6.07, 6.45) is 15.8. The lowest BCUT2D eigenvalue weighted by Crippen LogP contribution is -2.25. The Labute approximate surface area is 176 Å². The Morgan fingerprint density at radius 1 is 0.828 bits per heavy atom. The molecule has 0 heterocycles. The summed E-state index contributed by atoms with van der Waals surface area (Å²) in [5.74, 6) is 2.10. The Morgan fingerprint density at radius 3 is 1.97 bits per heavy atom. The quantitative estimate of drug-likeness (QED) is 0.376. The summed E-state index contributed by atoms with van der Waals surface area (Å²) >= 11 is 0. The molecule has 0 bridgehead atoms. The van der Waals surface area contributed by atoms with Gasteiger partial charge in [-0.15, -0.1) is 0 Å². The first-order chi connectivity index (χ1) is 14.1. The second kappa shape index (κ2) is 11.4. The Kier molecular flexibility index (Phi) is 8.96. The van der Waals surface area contributed by atoms with Crippen LogP contribution in [-0.4, -0.2) is 6.61 Å². The number of rotatable bonds is 9. The van der Waals surface area contributed by atoms with Crippen molar-refractivity contribution in [2.24, 2.45) is 17.8 Å². The standard InChI is InChI=1S/C26H40F2O/c1-3-5-6-7-19-8-10-20(11-9-19)21-12-14-22(15-13-21)23-16-25(27)24(18-29-4-2)26(28)17-23/h16-17,19-22H,3-15,18H2,1-2H3. The molecule has 3 rings (SSSR count). The summed E-state index contributed by atoms with van der Waals surface area (Å²) in [5.41, 5.74) is 0.915. The van der Waals surface area contributed by atoms with Gasteiger partial charge in [0.2, 0.25) is 0 Å². The van der Waals surface area contributed by atoms with Gasteiger partial charge >= 0.3 is 0 Å². The van der Waals surface area contributed by atoms with E-state index in [-0.39, 0.29) is 12.2 Å². The lowest BCUT2D eigenvalue weighted by atomic mass is 9.68. The van der Waals surface area contributed by atoms with Crippen molar-refractivity contribution in [3.63, 3.8) is 0 Å². The van der Waals surface area contributed by atoms with Gasteiger partial charge in [0, 0.05) is 12.2 Å². The maximum atomic E-state index is 14.4. The average Bonchev–Trinajstić information content (AvgIpc) is 2.74. The molecule has 0 N–H and O–H groups in total. The highest BCUT2D eigenvalue weighted by atomic mass is 19.1. The molecule has 1 nitrogen and oxygen atoms in total. The third-order valence-electron chi connectivity index (χ3n) is 7.63. The molecule has 2 aliphatic rings. The van der Waals surface area contributed by atoms with Crippen molar-refractivity contribution in [2.45, 2.75) is 103 Å². The van der Waals surface area contributed by atoms with Crippen LogP contribution in [0.1, 0.15) is 108 Å². The minimum absolute atomic E-state index is 0.0162. The van der Waals surface area contributed by atoms with E-state index in [1.54, 1.807) is 12.1 Å². The van der Waals surface area contributed by atoms with E-state index >= 15 is 0 Å². The minimum atomic E-state index is -0.447. The third kappa shape index (κ3) is 6.26. The molecule has 0 atom stereocenters. The van der Waals surface area contributed by atoms with Crippen molar-refractivity contribution in [1.29, 1.82) is 0 Å². The van der Waals surface area contributed by atoms with Crippen molar-refractivity contribution in [3.8, 4) is 0 Å². The first kappa shape index (κ1) is 22.7. The molecule has 0 amide bonds. The van der Waals surface area contributed by atoms with E-state index in [1.165, 1.54) is 64.2 Å². The van der Waals surface area contributed by atoms with Crippen LogP contribution < -0.4 is 0 Å². The fourth-order valence-corrected chi connectivity index (χ4v) is 5.76. The van der Waals surface area contributed by atoms with E-state index in [9.17, 15) is 8.78 Å². The average molecular weight is 407 g/mol. The van der Waals surface area contributed by atoms with E-state index in [0.29, 0.717) is 12.5 Å². The van der Waals surface area contributed by atoms with Gasteiger partial charge in [-0.05, 0) is 86.8 Å². The van der Waals surface area contributed by atoms with Crippen molar-refractivity contribution >= 4 is 0 Å². The monoisotopic (exact) mass is 406 g/mol. The Morgan fingerprint density at radius 2 is 1.41 bits per heavy atom. The maximum Gasteiger partial charge on any atom is 0.131 e. The second-order valence-corrected chi connectivity index (χ2v) is 9.49. The molecule has 0 radical (unpaired) electrons. The number of benzene rings is 1. The molecule has 0 aliphatic heterocycles. The van der Waals surface area contributed by atoms with Crippen LogP contribution in [0.25, 0.3) is 0 Å². The van der Waals surface area contributed by atoms with E-state index in [1.807, 2.05) is 6.92 Å². The van der Waals surface area contributed by atoms with E-state index in [0.717, 1.165) is 36.2 Å². The zero-order valence-electron chi connectivity index (χ0n) is 18.5. The molecule has 1 aromatic rings. The number of unbranched alkanes of at least 4 members (excludes halogenated alkanes) is 2. The van der Waals surface area contributed by atoms with Crippen LogP contribution in [0, 0.1) is 29.4 Å². The lowest BCUT2D eigenvalue weighted by Gasteiger charge is -2.38. The number of ether oxygens (including phenoxy) is 1. The summed E-state index contributed by atoms with van der Waals surface area (Å²) in [4.78, 5) is 0. The fraction of sp³-hybridized carbons (Fsp3) is 0.769. The normalized spacial score (nSPS) is 27.9. The van der Waals surface area contributed by atoms with Crippen LogP contribution in [-0.2, 0) is 11.3 Å². The molecule has 29 heavy (non-hydrogen) atoms. The van der Waals surface area contributed by atoms with Crippen LogP contribution in [0.5, 0.6) is 0 Å². The predicted molar refractivity (Wildman–Crippen MR) is 116 cm³/mol. The number of hydrogen-bond acceptors (Lipinski definition) is 1. The smallest absolute Gasteiger partial charge is 0.131 e. The lowest BCUT2D eigenvalue weighted by molar-refractivity contribution is 0.128. The highest BCUT2D eigenvalue weighted by Gasteiger charge is 2.31. The largest absolute Gasteiger partial charge is 0.377 e. The van der Waals surface area contributed by atoms with Gasteiger partial charge in [0.1, 0.15) is 11.6 Å². The first-order valence-electron chi connectivity index (χ1n) is 12.2. The zero-order chi connectivity index (χ0) is 20.6. The highest BCUT2D eigenvalue weighted by Crippen LogP contribution is 2.44. The van der Waals surface area contributed by atoms with E-state index in [4.69, 9.17) is 4.74 Å². The predicted octanol–water partition coefficient (Wildman–Crippen LogP) is 8.16. The molecule has 0 saturated heterocycles. The van der Waals surface area contributed by atoms with Gasteiger partial charge in [0.05, 0.1) is 6.61 Å². The topological polar surface area (TPSA) is 9.23 Å². The maximum absolute atomic E-state index is 14.4. The fourth-order valence-electron chi connectivity index (χ4n) is 5.76. The summed E-state index contributed by atoms with van der Waals surface area (Å²) < 4.78 is 34.0. The SMILES string of the molecule is CCCCCC1CCC(C2CCC(c3cc(F)c(COCC)c(F)c3)CC2)CC1. The summed E-state index contributed by atoms with van der Waals surface area (Å²) in [6.45, 7) is 4.60. The Hall–Kier alpha value is -0.960. The Balaban J connectivity index is 1.47. The van der Waals surface area contributed by atoms with Crippen molar-refractivity contribution in [1.82, 2.24) is 0 Å². The Bertz CT molecular complexity index is 590. The third-order valence-corrected chi connectivity index (χ3v) is 7.63. The van der Waals surface area contributed by atoms with E-state index in [2.05, 4.69) is 6.92 Å². The molecular formula is C26H40F2O. The molecule has 0 aromatic heterocycles. The summed E-state index contributed by atoms with van der Waals surface area (Å²) in [5, 5.41) is 0. The van der Waals surface area contributed by atoms with Gasteiger partial charge in [0.25, 0.3) is 0 Å². The van der Waals surface area contributed by atoms with Crippen LogP contribution in [0.2, 0.25) is 0 Å². The summed E-state index contributed by atoms with van der Waals surface area (Å²) in [7, 11) is 0. The first-order valence-corrected chi connectivity index (χ1v) is 12.2. The van der Waals surface area contributed by atoms with Gasteiger partial charge < -0.3 is 4.74 Å². The van der Waals surface area contributed by atoms with Crippen LogP contribution in [0.15, 0.2) is 12.1 Å². The molecular weight excluding hydrogens is 366 g/mol. The summed E-state index contributed by atoms with van der Waals surface area (Å²) in [6, 6.07) is 3.12. The van der Waals surface area contributed by atoms with Crippen LogP contribution in [0.3, 0.4) is 0 Å². The van der Waals surface area contributed by atoms with Gasteiger partial charge in [-0.1, -0.05) is 45.4 Å². The van der Waals surface area contributed by atoms with Crippen molar-refractivity contribution < 1.29 is 13.5 Å². The molecule has 3 heteroatoms. The van der Waals surface area contributed by atoms with Crippen LogP contribution >= 0.6 is 0 Å². The van der Waals surface area contributed by atoms with Crippen molar-refractivity contribution in [3.05, 3.63) is 34.9 Å². The molecule has 0 spiro atoms. The van der Waals surface area contributed by atoms with Gasteiger partial charge in [-0.25, -0.2) is 8.78 Å². The molecule has 2 fully saturated rings. The molecule has 2 saturated carbocycles.